The predicted molar refractivity (Wildman–Crippen MR) is 65.6 cm³/mol. The summed E-state index contributed by atoms with van der Waals surface area (Å²) >= 11 is 0. The summed E-state index contributed by atoms with van der Waals surface area (Å²) in [7, 11) is 0. The Morgan fingerprint density at radius 1 is 1.00 bits per heavy atom. The summed E-state index contributed by atoms with van der Waals surface area (Å²) in [5.41, 5.74) is 1.19. The van der Waals surface area contributed by atoms with Gasteiger partial charge in [-0.05, 0) is 39.8 Å². The highest BCUT2D eigenvalue weighted by atomic mass is 15.3. The smallest absolute Gasteiger partial charge is 0.0907 e. The Labute approximate surface area is 91.6 Å². The molecule has 2 nitrogen and oxygen atoms in total. The van der Waals surface area contributed by atoms with Crippen LogP contribution in [0.1, 0.15) is 27.7 Å². The molecule has 0 fully saturated rings. The lowest BCUT2D eigenvalue weighted by atomic mass is 9.83. The Balaban J connectivity index is 2.39. The molecule has 0 unspecified atom stereocenters. The van der Waals surface area contributed by atoms with Crippen LogP contribution in [0.2, 0.25) is 0 Å². The van der Waals surface area contributed by atoms with Crippen LogP contribution in [0, 0.1) is 0 Å². The highest BCUT2D eigenvalue weighted by Gasteiger charge is 2.45. The SMILES string of the molecule is CC1(C)N=CN(c2ccccc2)C1(C)C. The van der Waals surface area contributed by atoms with Gasteiger partial charge in [-0.15, -0.1) is 0 Å². The van der Waals surface area contributed by atoms with E-state index in [1.807, 2.05) is 12.4 Å². The average molecular weight is 202 g/mol. The number of aliphatic imine (C=N–C) groups is 1. The molecule has 0 atom stereocenters. The van der Waals surface area contributed by atoms with Crippen molar-refractivity contribution in [3.8, 4) is 0 Å². The molecule has 1 aliphatic heterocycles. The van der Waals surface area contributed by atoms with Gasteiger partial charge < -0.3 is 4.90 Å². The van der Waals surface area contributed by atoms with Crippen molar-refractivity contribution in [2.45, 2.75) is 38.8 Å². The van der Waals surface area contributed by atoms with Gasteiger partial charge in [0.15, 0.2) is 0 Å². The minimum Gasteiger partial charge on any atom is -0.325 e. The summed E-state index contributed by atoms with van der Waals surface area (Å²) in [6.07, 6.45) is 1.95. The molecular weight excluding hydrogens is 184 g/mol. The Kier molecular flexibility index (Phi) is 2.10. The van der Waals surface area contributed by atoms with Crippen LogP contribution in [0.25, 0.3) is 0 Å². The fourth-order valence-corrected chi connectivity index (χ4v) is 1.78. The fraction of sp³-hybridized carbons (Fsp3) is 0.462. The standard InChI is InChI=1S/C13H18N2/c1-12(2)13(3,4)15(10-14-12)11-8-6-5-7-9-11/h5-10H,1-4H3. The van der Waals surface area contributed by atoms with E-state index in [4.69, 9.17) is 0 Å². The summed E-state index contributed by atoms with van der Waals surface area (Å²) in [5.74, 6) is 0. The predicted octanol–water partition coefficient (Wildman–Crippen LogP) is 3.09. The molecule has 0 bridgehead atoms. The number of anilines is 1. The molecule has 1 aliphatic rings. The minimum atomic E-state index is -0.0388. The van der Waals surface area contributed by atoms with E-state index >= 15 is 0 Å². The molecule has 0 N–H and O–H groups in total. The zero-order valence-electron chi connectivity index (χ0n) is 9.86. The van der Waals surface area contributed by atoms with Crippen LogP contribution in [0.5, 0.6) is 0 Å². The van der Waals surface area contributed by atoms with E-state index in [1.165, 1.54) is 5.69 Å². The highest BCUT2D eigenvalue weighted by Crippen LogP contribution is 2.37. The monoisotopic (exact) mass is 202 g/mol. The molecular formula is C13H18N2. The lowest BCUT2D eigenvalue weighted by molar-refractivity contribution is 0.338. The van der Waals surface area contributed by atoms with Crippen molar-refractivity contribution >= 4 is 12.0 Å². The molecule has 2 heteroatoms. The van der Waals surface area contributed by atoms with Gasteiger partial charge in [0.25, 0.3) is 0 Å². The maximum absolute atomic E-state index is 4.58. The summed E-state index contributed by atoms with van der Waals surface area (Å²) in [5, 5.41) is 0. The van der Waals surface area contributed by atoms with Crippen molar-refractivity contribution in [1.29, 1.82) is 0 Å². The van der Waals surface area contributed by atoms with E-state index in [0.717, 1.165) is 0 Å². The van der Waals surface area contributed by atoms with Crippen molar-refractivity contribution < 1.29 is 0 Å². The first-order valence-corrected chi connectivity index (χ1v) is 5.35. The molecule has 80 valence electrons. The van der Waals surface area contributed by atoms with Gasteiger partial charge in [-0.25, -0.2) is 0 Å². The fourth-order valence-electron chi connectivity index (χ4n) is 1.78. The van der Waals surface area contributed by atoms with E-state index in [0.29, 0.717) is 0 Å². The van der Waals surface area contributed by atoms with Crippen LogP contribution in [-0.2, 0) is 0 Å². The number of para-hydroxylation sites is 1. The third kappa shape index (κ3) is 1.44. The molecule has 0 saturated heterocycles. The Morgan fingerprint density at radius 2 is 1.60 bits per heavy atom. The normalized spacial score (nSPS) is 22.0. The van der Waals surface area contributed by atoms with Crippen LogP contribution in [-0.4, -0.2) is 17.4 Å². The second kappa shape index (κ2) is 3.09. The third-order valence-corrected chi connectivity index (χ3v) is 3.63. The van der Waals surface area contributed by atoms with Gasteiger partial charge in [0.2, 0.25) is 0 Å². The Bertz CT molecular complexity index is 377. The largest absolute Gasteiger partial charge is 0.325 e. The first kappa shape index (κ1) is 10.2. The maximum atomic E-state index is 4.58. The first-order valence-electron chi connectivity index (χ1n) is 5.35. The minimum absolute atomic E-state index is 0.0222. The Hall–Kier alpha value is -1.31. The maximum Gasteiger partial charge on any atom is 0.0907 e. The number of benzene rings is 1. The van der Waals surface area contributed by atoms with Crippen molar-refractivity contribution in [3.63, 3.8) is 0 Å². The molecule has 0 aromatic heterocycles. The van der Waals surface area contributed by atoms with Crippen LogP contribution in [0.3, 0.4) is 0 Å². The Morgan fingerprint density at radius 3 is 2.07 bits per heavy atom. The van der Waals surface area contributed by atoms with Crippen molar-refractivity contribution in [2.75, 3.05) is 4.90 Å². The summed E-state index contributed by atoms with van der Waals surface area (Å²) in [6.45, 7) is 8.80. The summed E-state index contributed by atoms with van der Waals surface area (Å²) < 4.78 is 0. The number of hydrogen-bond acceptors (Lipinski definition) is 2. The molecule has 2 rings (SSSR count). The van der Waals surface area contributed by atoms with Gasteiger partial charge in [-0.3, -0.25) is 4.99 Å². The number of rotatable bonds is 1. The topological polar surface area (TPSA) is 15.6 Å². The molecule has 0 aliphatic carbocycles. The second-order valence-electron chi connectivity index (χ2n) is 5.07. The van der Waals surface area contributed by atoms with Gasteiger partial charge in [0, 0.05) is 5.69 Å². The molecule has 0 saturated carbocycles. The first-order chi connectivity index (χ1) is 6.95. The zero-order valence-corrected chi connectivity index (χ0v) is 9.86. The zero-order chi connectivity index (χ0) is 11.1. The molecule has 0 amide bonds. The van der Waals surface area contributed by atoms with Gasteiger partial charge >= 0.3 is 0 Å². The van der Waals surface area contributed by atoms with Gasteiger partial charge in [-0.2, -0.15) is 0 Å². The van der Waals surface area contributed by atoms with E-state index < -0.39 is 0 Å². The average Bonchev–Trinajstić information content (AvgIpc) is 2.39. The molecule has 1 heterocycles. The van der Waals surface area contributed by atoms with Crippen LogP contribution in [0.4, 0.5) is 5.69 Å². The number of hydrogen-bond donors (Lipinski definition) is 0. The molecule has 1 aromatic carbocycles. The van der Waals surface area contributed by atoms with Gasteiger partial charge in [0.1, 0.15) is 0 Å². The van der Waals surface area contributed by atoms with Crippen LogP contribution < -0.4 is 4.90 Å². The molecule has 0 spiro atoms. The summed E-state index contributed by atoms with van der Waals surface area (Å²) in [6, 6.07) is 10.4. The van der Waals surface area contributed by atoms with Gasteiger partial charge in [-0.1, -0.05) is 18.2 Å². The van der Waals surface area contributed by atoms with Crippen molar-refractivity contribution in [3.05, 3.63) is 30.3 Å². The third-order valence-electron chi connectivity index (χ3n) is 3.63. The van der Waals surface area contributed by atoms with Crippen molar-refractivity contribution in [1.82, 2.24) is 0 Å². The van der Waals surface area contributed by atoms with Crippen molar-refractivity contribution in [2.24, 2.45) is 4.99 Å². The molecule has 1 aromatic rings. The molecule has 15 heavy (non-hydrogen) atoms. The highest BCUT2D eigenvalue weighted by molar-refractivity contribution is 5.84. The summed E-state index contributed by atoms with van der Waals surface area (Å²) in [4.78, 5) is 6.82. The van der Waals surface area contributed by atoms with Crippen LogP contribution >= 0.6 is 0 Å². The van der Waals surface area contributed by atoms with E-state index in [-0.39, 0.29) is 11.1 Å². The lowest BCUT2D eigenvalue weighted by Crippen LogP contribution is -2.51. The lowest BCUT2D eigenvalue weighted by Gasteiger charge is -2.40. The van der Waals surface area contributed by atoms with Crippen LogP contribution in [0.15, 0.2) is 35.3 Å². The number of nitrogens with zero attached hydrogens (tertiary/aromatic N) is 2. The quantitative estimate of drug-likeness (QED) is 0.683. The van der Waals surface area contributed by atoms with E-state index in [9.17, 15) is 0 Å². The van der Waals surface area contributed by atoms with E-state index in [1.54, 1.807) is 0 Å². The van der Waals surface area contributed by atoms with E-state index in [2.05, 4.69) is 61.9 Å². The second-order valence-corrected chi connectivity index (χ2v) is 5.07. The molecule has 0 radical (unpaired) electrons. The van der Waals surface area contributed by atoms with Gasteiger partial charge in [0.05, 0.1) is 17.4 Å².